The molecule has 1 unspecified atom stereocenters. The third kappa shape index (κ3) is 2.04. The van der Waals surface area contributed by atoms with Gasteiger partial charge in [-0.2, -0.15) is 0 Å². The maximum atomic E-state index is 12.9. The fourth-order valence-corrected chi connectivity index (χ4v) is 4.29. The second-order valence-electron chi connectivity index (χ2n) is 5.38. The summed E-state index contributed by atoms with van der Waals surface area (Å²) in [6.07, 6.45) is 0. The maximum absolute atomic E-state index is 12.9. The fourth-order valence-electron chi connectivity index (χ4n) is 2.86. The van der Waals surface area contributed by atoms with Crippen LogP contribution in [0.15, 0.2) is 82.6 Å². The Labute approximate surface area is 134 Å². The highest BCUT2D eigenvalue weighted by molar-refractivity contribution is 7.92. The summed E-state index contributed by atoms with van der Waals surface area (Å²) in [5, 5.41) is 0. The molecular formula is C18H14BNOS. The number of hydrogen-bond donors (Lipinski definition) is 0. The molecule has 0 amide bonds. The zero-order valence-electron chi connectivity index (χ0n) is 12.2. The molecule has 2 nitrogen and oxygen atoms in total. The van der Waals surface area contributed by atoms with Crippen molar-refractivity contribution in [3.8, 4) is 0 Å². The molecule has 0 N–H and O–H groups in total. The summed E-state index contributed by atoms with van der Waals surface area (Å²) in [7, 11) is 2.03. The molecule has 3 aromatic carbocycles. The van der Waals surface area contributed by atoms with Crippen molar-refractivity contribution in [1.29, 1.82) is 0 Å². The summed E-state index contributed by atoms with van der Waals surface area (Å²) in [6, 6.07) is 24.3. The molecule has 1 aliphatic rings. The third-order valence-electron chi connectivity index (χ3n) is 3.88. The molecule has 0 saturated carbocycles. The lowest BCUT2D eigenvalue weighted by atomic mass is 9.96. The lowest BCUT2D eigenvalue weighted by Crippen LogP contribution is -2.23. The lowest BCUT2D eigenvalue weighted by Gasteiger charge is -2.33. The molecule has 0 bridgehead atoms. The van der Waals surface area contributed by atoms with Crippen molar-refractivity contribution in [2.24, 2.45) is 0 Å². The topological polar surface area (TPSA) is 26.3 Å². The van der Waals surface area contributed by atoms with E-state index in [4.69, 9.17) is 0 Å². The SMILES string of the molecule is Bc1ccc2c(c1)[S+]([O-])c1ccccc1N2c1ccccc1. The van der Waals surface area contributed by atoms with E-state index in [1.807, 2.05) is 56.4 Å². The molecule has 0 spiro atoms. The van der Waals surface area contributed by atoms with E-state index in [2.05, 4.69) is 29.2 Å². The van der Waals surface area contributed by atoms with Crippen LogP contribution in [0.3, 0.4) is 0 Å². The first-order chi connectivity index (χ1) is 10.8. The van der Waals surface area contributed by atoms with Crippen LogP contribution < -0.4 is 10.4 Å². The lowest BCUT2D eigenvalue weighted by molar-refractivity contribution is 0.594. The van der Waals surface area contributed by atoms with Gasteiger partial charge >= 0.3 is 0 Å². The van der Waals surface area contributed by atoms with Crippen molar-refractivity contribution in [2.45, 2.75) is 9.79 Å². The minimum atomic E-state index is -1.14. The van der Waals surface area contributed by atoms with Gasteiger partial charge in [-0.3, -0.25) is 0 Å². The average molecular weight is 303 g/mol. The smallest absolute Gasteiger partial charge is 0.182 e. The first-order valence-electron chi connectivity index (χ1n) is 7.22. The highest BCUT2D eigenvalue weighted by atomic mass is 32.2. The monoisotopic (exact) mass is 303 g/mol. The van der Waals surface area contributed by atoms with Crippen molar-refractivity contribution >= 4 is 41.5 Å². The zero-order chi connectivity index (χ0) is 15.1. The molecule has 3 aromatic rings. The highest BCUT2D eigenvalue weighted by Gasteiger charge is 2.34. The molecule has 1 aliphatic heterocycles. The van der Waals surface area contributed by atoms with E-state index in [0.717, 1.165) is 32.3 Å². The molecular weight excluding hydrogens is 289 g/mol. The van der Waals surface area contributed by atoms with Crippen LogP contribution in [-0.2, 0) is 11.2 Å². The first-order valence-corrected chi connectivity index (χ1v) is 8.37. The summed E-state index contributed by atoms with van der Waals surface area (Å²) >= 11 is -1.14. The number of nitrogens with zero attached hydrogens (tertiary/aromatic N) is 1. The number of rotatable bonds is 1. The number of para-hydroxylation sites is 2. The van der Waals surface area contributed by atoms with Gasteiger partial charge in [0.1, 0.15) is 19.2 Å². The van der Waals surface area contributed by atoms with Gasteiger partial charge in [0.2, 0.25) is 0 Å². The Hall–Kier alpha value is -2.17. The Balaban J connectivity index is 2.01. The Bertz CT molecular complexity index is 838. The molecule has 4 heteroatoms. The van der Waals surface area contributed by atoms with Crippen LogP contribution >= 0.6 is 0 Å². The van der Waals surface area contributed by atoms with Gasteiger partial charge in [0.25, 0.3) is 0 Å². The Morgan fingerprint density at radius 1 is 0.773 bits per heavy atom. The van der Waals surface area contributed by atoms with Crippen molar-refractivity contribution in [3.05, 3.63) is 72.8 Å². The number of hydrogen-bond acceptors (Lipinski definition) is 2. The van der Waals surface area contributed by atoms with Crippen LogP contribution in [0.2, 0.25) is 0 Å². The highest BCUT2D eigenvalue weighted by Crippen LogP contribution is 2.47. The van der Waals surface area contributed by atoms with Crippen LogP contribution in [0.4, 0.5) is 17.1 Å². The van der Waals surface area contributed by atoms with Crippen LogP contribution in [0.1, 0.15) is 0 Å². The van der Waals surface area contributed by atoms with Crippen LogP contribution in [0.25, 0.3) is 0 Å². The summed E-state index contributed by atoms with van der Waals surface area (Å²) in [5.41, 5.74) is 4.19. The largest absolute Gasteiger partial charge is 0.606 e. The van der Waals surface area contributed by atoms with E-state index in [-0.39, 0.29) is 0 Å². The molecule has 0 aliphatic carbocycles. The molecule has 106 valence electrons. The van der Waals surface area contributed by atoms with Crippen molar-refractivity contribution in [1.82, 2.24) is 0 Å². The van der Waals surface area contributed by atoms with Gasteiger partial charge < -0.3 is 9.45 Å². The standard InChI is InChI=1S/C18H14BNOS/c19-13-10-11-16-18(12-13)22(21)17-9-5-4-8-15(17)20(16)14-6-2-1-3-7-14/h1-12H,19H2. The molecule has 0 radical (unpaired) electrons. The van der Waals surface area contributed by atoms with Crippen LogP contribution in [0, 0.1) is 0 Å². The van der Waals surface area contributed by atoms with Gasteiger partial charge in [0, 0.05) is 16.9 Å². The molecule has 4 rings (SSSR count). The third-order valence-corrected chi connectivity index (χ3v) is 5.35. The first kappa shape index (κ1) is 13.5. The van der Waals surface area contributed by atoms with Gasteiger partial charge in [0.05, 0.1) is 0 Å². The van der Waals surface area contributed by atoms with E-state index < -0.39 is 11.2 Å². The summed E-state index contributed by atoms with van der Waals surface area (Å²) in [5.74, 6) is 0. The predicted molar refractivity (Wildman–Crippen MR) is 94.0 cm³/mol. The van der Waals surface area contributed by atoms with E-state index in [9.17, 15) is 4.55 Å². The quantitative estimate of drug-likeness (QED) is 0.510. The predicted octanol–water partition coefficient (Wildman–Crippen LogP) is 2.89. The molecule has 1 heterocycles. The normalized spacial score (nSPS) is 16.0. The summed E-state index contributed by atoms with van der Waals surface area (Å²) in [4.78, 5) is 3.93. The fraction of sp³-hybridized carbons (Fsp3) is 0. The molecule has 22 heavy (non-hydrogen) atoms. The Kier molecular flexibility index (Phi) is 3.21. The zero-order valence-corrected chi connectivity index (χ0v) is 13.0. The van der Waals surface area contributed by atoms with Crippen molar-refractivity contribution in [2.75, 3.05) is 4.90 Å². The van der Waals surface area contributed by atoms with Gasteiger partial charge in [-0.15, -0.1) is 0 Å². The molecule has 0 saturated heterocycles. The van der Waals surface area contributed by atoms with E-state index in [1.54, 1.807) is 0 Å². The van der Waals surface area contributed by atoms with E-state index >= 15 is 0 Å². The molecule has 1 atom stereocenters. The summed E-state index contributed by atoms with van der Waals surface area (Å²) < 4.78 is 12.9. The van der Waals surface area contributed by atoms with Crippen LogP contribution in [-0.4, -0.2) is 12.4 Å². The van der Waals surface area contributed by atoms with E-state index in [0.29, 0.717) is 0 Å². The number of anilines is 3. The minimum Gasteiger partial charge on any atom is -0.606 e. The second-order valence-corrected chi connectivity index (χ2v) is 6.80. The van der Waals surface area contributed by atoms with Gasteiger partial charge in [-0.05, 0) is 36.4 Å². The van der Waals surface area contributed by atoms with Crippen molar-refractivity contribution in [3.63, 3.8) is 0 Å². The van der Waals surface area contributed by atoms with Gasteiger partial charge in [-0.25, -0.2) is 0 Å². The van der Waals surface area contributed by atoms with Gasteiger partial charge in [-0.1, -0.05) is 41.9 Å². The molecule has 0 fully saturated rings. The Morgan fingerprint density at radius 3 is 2.27 bits per heavy atom. The molecule has 0 aromatic heterocycles. The maximum Gasteiger partial charge on any atom is 0.182 e. The minimum absolute atomic E-state index is 0.865. The number of benzene rings is 3. The summed E-state index contributed by atoms with van der Waals surface area (Å²) in [6.45, 7) is 0. The van der Waals surface area contributed by atoms with Gasteiger partial charge in [0.15, 0.2) is 9.79 Å². The number of fused-ring (bicyclic) bond motifs is 2. The second kappa shape index (κ2) is 5.23. The Morgan fingerprint density at radius 2 is 1.45 bits per heavy atom. The van der Waals surface area contributed by atoms with Crippen LogP contribution in [0.5, 0.6) is 0 Å². The van der Waals surface area contributed by atoms with E-state index in [1.165, 1.54) is 0 Å². The average Bonchev–Trinajstić information content (AvgIpc) is 2.57. The van der Waals surface area contributed by atoms with Crippen molar-refractivity contribution < 1.29 is 4.55 Å².